The Kier molecular flexibility index (Phi) is 6.15. The predicted octanol–water partition coefficient (Wildman–Crippen LogP) is 1.23. The lowest BCUT2D eigenvalue weighted by molar-refractivity contribution is -0.114. The van der Waals surface area contributed by atoms with Crippen LogP contribution in [0.2, 0.25) is 0 Å². The molecular formula is C16H23N3O6S2. The van der Waals surface area contributed by atoms with Gasteiger partial charge in [-0.05, 0) is 38.5 Å². The fourth-order valence-corrected chi connectivity index (χ4v) is 6.07. The van der Waals surface area contributed by atoms with Gasteiger partial charge in [0.25, 0.3) is 10.0 Å². The van der Waals surface area contributed by atoms with Gasteiger partial charge in [0.15, 0.2) is 9.84 Å². The van der Waals surface area contributed by atoms with Crippen molar-refractivity contribution in [1.82, 2.24) is 4.41 Å². The zero-order valence-electron chi connectivity index (χ0n) is 15.6. The number of carbonyl (C=O) groups excluding carboxylic acids is 1. The summed E-state index contributed by atoms with van der Waals surface area (Å²) in [6.45, 7) is 4.55. The second-order valence-corrected chi connectivity index (χ2v) is 10.4. The number of rotatable bonds is 6. The van der Waals surface area contributed by atoms with Crippen LogP contribution in [-0.2, 0) is 24.7 Å². The summed E-state index contributed by atoms with van der Waals surface area (Å²) in [5.41, 5.74) is 0.667. The molecule has 1 aliphatic rings. The molecule has 27 heavy (non-hydrogen) atoms. The van der Waals surface area contributed by atoms with Gasteiger partial charge in [0.05, 0.1) is 35.2 Å². The molecule has 0 unspecified atom stereocenters. The van der Waals surface area contributed by atoms with Crippen LogP contribution in [-0.4, -0.2) is 57.5 Å². The molecule has 1 saturated heterocycles. The summed E-state index contributed by atoms with van der Waals surface area (Å²) in [7, 11) is -6.05. The molecule has 0 aromatic heterocycles. The van der Waals surface area contributed by atoms with Crippen LogP contribution in [0.5, 0.6) is 5.75 Å². The standard InChI is InChI=1S/C16H23N3O6S2/c1-11(2)18-19(13-7-8-26(21,22)10-13)27(23,24)14-5-6-16(25-4)15(9-14)17-12(3)20/h5-6,9,13H,7-8,10H2,1-4H3,(H,17,20)/t13-/m0/s1. The summed E-state index contributed by atoms with van der Waals surface area (Å²) in [4.78, 5) is 11.3. The van der Waals surface area contributed by atoms with Gasteiger partial charge in [-0.1, -0.05) is 0 Å². The number of methoxy groups -OCH3 is 1. The highest BCUT2D eigenvalue weighted by atomic mass is 32.2. The third kappa shape index (κ3) is 4.98. The molecule has 150 valence electrons. The number of amides is 1. The van der Waals surface area contributed by atoms with Crippen LogP contribution < -0.4 is 10.1 Å². The van der Waals surface area contributed by atoms with E-state index in [4.69, 9.17) is 4.74 Å². The number of anilines is 1. The van der Waals surface area contributed by atoms with Crippen LogP contribution in [0.4, 0.5) is 5.69 Å². The van der Waals surface area contributed by atoms with Crippen LogP contribution in [0.1, 0.15) is 27.2 Å². The Morgan fingerprint density at radius 3 is 2.44 bits per heavy atom. The van der Waals surface area contributed by atoms with E-state index in [9.17, 15) is 21.6 Å². The van der Waals surface area contributed by atoms with Gasteiger partial charge in [0.1, 0.15) is 5.75 Å². The van der Waals surface area contributed by atoms with Crippen molar-refractivity contribution in [3.05, 3.63) is 18.2 Å². The van der Waals surface area contributed by atoms with Crippen molar-refractivity contribution < 1.29 is 26.4 Å². The lowest BCUT2D eigenvalue weighted by Gasteiger charge is -2.25. The van der Waals surface area contributed by atoms with Gasteiger partial charge >= 0.3 is 0 Å². The van der Waals surface area contributed by atoms with Crippen LogP contribution in [0.25, 0.3) is 0 Å². The fraction of sp³-hybridized carbons (Fsp3) is 0.500. The van der Waals surface area contributed by atoms with Crippen molar-refractivity contribution in [1.29, 1.82) is 0 Å². The topological polar surface area (TPSA) is 122 Å². The monoisotopic (exact) mass is 417 g/mol. The first kappa shape index (κ1) is 21.2. The minimum Gasteiger partial charge on any atom is -0.495 e. The van der Waals surface area contributed by atoms with Gasteiger partial charge in [-0.2, -0.15) is 17.9 Å². The highest BCUT2D eigenvalue weighted by Gasteiger charge is 2.38. The minimum absolute atomic E-state index is 0.0816. The Morgan fingerprint density at radius 1 is 1.30 bits per heavy atom. The third-order valence-electron chi connectivity index (χ3n) is 3.85. The van der Waals surface area contributed by atoms with Crippen LogP contribution in [0, 0.1) is 0 Å². The second kappa shape index (κ2) is 7.85. The first-order chi connectivity index (χ1) is 12.5. The number of nitrogens with one attached hydrogen (secondary N) is 1. The first-order valence-electron chi connectivity index (χ1n) is 8.18. The van der Waals surface area contributed by atoms with Gasteiger partial charge in [0, 0.05) is 12.6 Å². The van der Waals surface area contributed by atoms with E-state index in [1.165, 1.54) is 32.2 Å². The van der Waals surface area contributed by atoms with Gasteiger partial charge in [-0.15, -0.1) is 0 Å². The molecule has 0 bridgehead atoms. The molecule has 1 fully saturated rings. The Hall–Kier alpha value is -2.14. The summed E-state index contributed by atoms with van der Waals surface area (Å²) >= 11 is 0. The van der Waals surface area contributed by atoms with Crippen molar-refractivity contribution in [2.45, 2.75) is 38.1 Å². The largest absolute Gasteiger partial charge is 0.495 e. The minimum atomic E-state index is -4.14. The predicted molar refractivity (Wildman–Crippen MR) is 102 cm³/mol. The zero-order chi connectivity index (χ0) is 20.4. The molecule has 1 atom stereocenters. The molecule has 1 aliphatic heterocycles. The summed E-state index contributed by atoms with van der Waals surface area (Å²) < 4.78 is 56.0. The van der Waals surface area contributed by atoms with E-state index in [1.807, 2.05) is 0 Å². The van der Waals surface area contributed by atoms with Crippen molar-refractivity contribution >= 4 is 37.2 Å². The van der Waals surface area contributed by atoms with Crippen molar-refractivity contribution in [2.75, 3.05) is 23.9 Å². The average Bonchev–Trinajstić information content (AvgIpc) is 2.91. The number of hydrogen-bond donors (Lipinski definition) is 1. The number of carbonyl (C=O) groups is 1. The molecule has 1 heterocycles. The lowest BCUT2D eigenvalue weighted by atomic mass is 10.3. The van der Waals surface area contributed by atoms with Gasteiger partial charge in [0.2, 0.25) is 5.91 Å². The number of hydrazone groups is 1. The molecule has 0 aliphatic carbocycles. The summed E-state index contributed by atoms with van der Waals surface area (Å²) in [6, 6.07) is 3.24. The highest BCUT2D eigenvalue weighted by Crippen LogP contribution is 2.31. The molecule has 0 saturated carbocycles. The van der Waals surface area contributed by atoms with Crippen LogP contribution in [0.3, 0.4) is 0 Å². The summed E-state index contributed by atoms with van der Waals surface area (Å²) in [6.07, 6.45) is 0.174. The van der Waals surface area contributed by atoms with E-state index in [0.717, 1.165) is 4.41 Å². The van der Waals surface area contributed by atoms with Gasteiger partial charge in [-0.25, -0.2) is 8.42 Å². The smallest absolute Gasteiger partial charge is 0.279 e. The number of sulfone groups is 1. The van der Waals surface area contributed by atoms with Crippen molar-refractivity contribution in [3.63, 3.8) is 0 Å². The van der Waals surface area contributed by atoms with E-state index in [2.05, 4.69) is 10.4 Å². The average molecular weight is 418 g/mol. The van der Waals surface area contributed by atoms with E-state index in [1.54, 1.807) is 13.8 Å². The second-order valence-electron chi connectivity index (χ2n) is 6.42. The normalized spacial score (nSPS) is 18.6. The zero-order valence-corrected chi connectivity index (χ0v) is 17.2. The van der Waals surface area contributed by atoms with Crippen molar-refractivity contribution in [2.24, 2.45) is 5.10 Å². The molecule has 0 spiro atoms. The maximum absolute atomic E-state index is 13.2. The molecule has 11 heteroatoms. The molecule has 0 radical (unpaired) electrons. The molecule has 1 N–H and O–H groups in total. The number of hydrogen-bond acceptors (Lipinski definition) is 7. The van der Waals surface area contributed by atoms with E-state index in [-0.39, 0.29) is 34.4 Å². The fourth-order valence-electron chi connectivity index (χ4n) is 2.72. The molecule has 2 rings (SSSR count). The molecule has 1 aromatic carbocycles. The van der Waals surface area contributed by atoms with E-state index < -0.39 is 25.9 Å². The Balaban J connectivity index is 2.52. The van der Waals surface area contributed by atoms with E-state index >= 15 is 0 Å². The number of nitrogens with zero attached hydrogens (tertiary/aromatic N) is 2. The first-order valence-corrected chi connectivity index (χ1v) is 11.4. The Morgan fingerprint density at radius 2 is 1.96 bits per heavy atom. The maximum Gasteiger partial charge on any atom is 0.279 e. The highest BCUT2D eigenvalue weighted by molar-refractivity contribution is 7.92. The molecule has 1 amide bonds. The van der Waals surface area contributed by atoms with Crippen molar-refractivity contribution in [3.8, 4) is 5.75 Å². The van der Waals surface area contributed by atoms with E-state index in [0.29, 0.717) is 11.5 Å². The van der Waals surface area contributed by atoms with Gasteiger partial charge < -0.3 is 10.1 Å². The molecular weight excluding hydrogens is 394 g/mol. The SMILES string of the molecule is COc1ccc(S(=O)(=O)N(N=C(C)C)[C@H]2CCS(=O)(=O)C2)cc1NC(C)=O. The third-order valence-corrected chi connectivity index (χ3v) is 7.32. The maximum atomic E-state index is 13.2. The van der Waals surface area contributed by atoms with Crippen LogP contribution in [0.15, 0.2) is 28.2 Å². The summed E-state index contributed by atoms with van der Waals surface area (Å²) in [5.74, 6) is -0.447. The molecule has 1 aromatic rings. The lowest BCUT2D eigenvalue weighted by Crippen LogP contribution is -2.37. The Bertz CT molecular complexity index is 966. The quantitative estimate of drug-likeness (QED) is 0.549. The van der Waals surface area contributed by atoms with Gasteiger partial charge in [-0.3, -0.25) is 4.79 Å². The number of ether oxygens (including phenoxy) is 1. The molecule has 9 nitrogen and oxygen atoms in total. The number of sulfonamides is 1. The Labute approximate surface area is 159 Å². The number of benzene rings is 1. The van der Waals surface area contributed by atoms with Crippen LogP contribution >= 0.6 is 0 Å². The summed E-state index contributed by atoms with van der Waals surface area (Å²) in [5, 5.41) is 6.61.